The van der Waals surface area contributed by atoms with E-state index in [1.54, 1.807) is 20.8 Å². The number of ketones is 1. The Labute approximate surface area is 153 Å². The molecule has 0 aliphatic heterocycles. The van der Waals surface area contributed by atoms with Crippen LogP contribution in [0.15, 0.2) is 29.2 Å². The van der Waals surface area contributed by atoms with Gasteiger partial charge >= 0.3 is 5.97 Å². The zero-order valence-electron chi connectivity index (χ0n) is 15.5. The van der Waals surface area contributed by atoms with Crippen LogP contribution in [0.1, 0.15) is 45.0 Å². The molecule has 1 unspecified atom stereocenters. The minimum absolute atomic E-state index is 0.0891. The smallest absolute Gasteiger partial charge is 0.321 e. The summed E-state index contributed by atoms with van der Waals surface area (Å²) in [4.78, 5) is 34.7. The first-order valence-electron chi connectivity index (χ1n) is 7.94. The number of rotatable bonds is 7. The molecule has 1 aromatic rings. The summed E-state index contributed by atoms with van der Waals surface area (Å²) in [7, 11) is -3.95. The number of hydrogen-bond acceptors (Lipinski definition) is 6. The highest BCUT2D eigenvalue weighted by atomic mass is 32.2. The molecule has 0 aliphatic carbocycles. The number of ether oxygens (including phenoxy) is 1. The Morgan fingerprint density at radius 1 is 1.12 bits per heavy atom. The largest absolute Gasteiger partial charge is 0.452 e. The zero-order valence-corrected chi connectivity index (χ0v) is 16.3. The highest BCUT2D eigenvalue weighted by molar-refractivity contribution is 7.89. The molecule has 0 spiro atoms. The Kier molecular flexibility index (Phi) is 7.05. The maximum Gasteiger partial charge on any atom is 0.321 e. The third kappa shape index (κ3) is 6.93. The van der Waals surface area contributed by atoms with E-state index in [0.29, 0.717) is 5.56 Å². The molecule has 1 rings (SSSR count). The lowest BCUT2D eigenvalue weighted by Crippen LogP contribution is -2.46. The Balaban J connectivity index is 2.62. The monoisotopic (exact) mass is 384 g/mol. The van der Waals surface area contributed by atoms with E-state index < -0.39 is 40.1 Å². The molecule has 9 heteroatoms. The van der Waals surface area contributed by atoms with Gasteiger partial charge in [0.1, 0.15) is 6.54 Å². The van der Waals surface area contributed by atoms with Crippen molar-refractivity contribution in [3.63, 3.8) is 0 Å². The third-order valence-corrected chi connectivity index (χ3v) is 4.57. The van der Waals surface area contributed by atoms with Gasteiger partial charge in [-0.1, -0.05) is 12.1 Å². The van der Waals surface area contributed by atoms with Gasteiger partial charge in [0.15, 0.2) is 11.9 Å². The van der Waals surface area contributed by atoms with Gasteiger partial charge in [0, 0.05) is 11.1 Å². The molecular formula is C17H24N2O6S. The van der Waals surface area contributed by atoms with Crippen LogP contribution < -0.4 is 10.0 Å². The molecule has 2 N–H and O–H groups in total. The number of esters is 1. The predicted octanol–water partition coefficient (Wildman–Crippen LogP) is 1.01. The number of sulfonamides is 1. The lowest BCUT2D eigenvalue weighted by molar-refractivity contribution is -0.154. The van der Waals surface area contributed by atoms with Crippen molar-refractivity contribution in [2.45, 2.75) is 51.2 Å². The fourth-order valence-corrected chi connectivity index (χ4v) is 2.84. The van der Waals surface area contributed by atoms with Crippen molar-refractivity contribution in [1.82, 2.24) is 10.0 Å². The van der Waals surface area contributed by atoms with E-state index in [0.717, 1.165) is 0 Å². The second-order valence-corrected chi connectivity index (χ2v) is 8.54. The predicted molar refractivity (Wildman–Crippen MR) is 95.1 cm³/mol. The fourth-order valence-electron chi connectivity index (χ4n) is 1.87. The van der Waals surface area contributed by atoms with Crippen LogP contribution in [-0.2, 0) is 24.3 Å². The number of benzene rings is 1. The van der Waals surface area contributed by atoms with E-state index in [-0.39, 0.29) is 10.7 Å². The molecule has 0 aromatic heterocycles. The van der Waals surface area contributed by atoms with Gasteiger partial charge in [0.2, 0.25) is 10.0 Å². The molecule has 144 valence electrons. The molecule has 1 amide bonds. The minimum Gasteiger partial charge on any atom is -0.452 e. The van der Waals surface area contributed by atoms with Crippen LogP contribution in [0.25, 0.3) is 0 Å². The van der Waals surface area contributed by atoms with E-state index in [1.807, 2.05) is 0 Å². The van der Waals surface area contributed by atoms with Gasteiger partial charge in [-0.2, -0.15) is 4.72 Å². The fraction of sp³-hybridized carbons (Fsp3) is 0.471. The van der Waals surface area contributed by atoms with E-state index in [9.17, 15) is 22.8 Å². The summed E-state index contributed by atoms with van der Waals surface area (Å²) in [5, 5.41) is 2.65. The first kappa shape index (κ1) is 21.8. The first-order chi connectivity index (χ1) is 11.8. The van der Waals surface area contributed by atoms with Crippen molar-refractivity contribution in [3.8, 4) is 0 Å². The average molecular weight is 384 g/mol. The molecule has 0 saturated carbocycles. The minimum atomic E-state index is -3.95. The third-order valence-electron chi connectivity index (χ3n) is 3.15. The van der Waals surface area contributed by atoms with Gasteiger partial charge in [0.25, 0.3) is 5.91 Å². The van der Waals surface area contributed by atoms with Crippen molar-refractivity contribution in [1.29, 1.82) is 0 Å². The van der Waals surface area contributed by atoms with Crippen molar-refractivity contribution in [3.05, 3.63) is 29.8 Å². The molecule has 26 heavy (non-hydrogen) atoms. The molecule has 0 radical (unpaired) electrons. The number of hydrogen-bond donors (Lipinski definition) is 2. The Morgan fingerprint density at radius 3 is 2.12 bits per heavy atom. The number of carbonyl (C=O) groups is 3. The standard InChI is InChI=1S/C17H24N2O6S/c1-11(20)13-6-8-14(9-7-13)26(23,24)18-10-15(21)25-12(2)16(22)19-17(3,4)5/h6-9,12,18H,10H2,1-5H3,(H,19,22). The second kappa shape index (κ2) is 8.41. The van der Waals surface area contributed by atoms with Crippen LogP contribution in [0.4, 0.5) is 0 Å². The Hall–Kier alpha value is -2.26. The molecule has 1 atom stereocenters. The quantitative estimate of drug-likeness (QED) is 0.535. The summed E-state index contributed by atoms with van der Waals surface area (Å²) in [6, 6.07) is 5.30. The molecule has 0 bridgehead atoms. The van der Waals surface area contributed by atoms with E-state index in [4.69, 9.17) is 4.74 Å². The number of carbonyl (C=O) groups excluding carboxylic acids is 3. The van der Waals surface area contributed by atoms with E-state index >= 15 is 0 Å². The highest BCUT2D eigenvalue weighted by Crippen LogP contribution is 2.11. The number of Topliss-reactive ketones (excluding diaryl/α,β-unsaturated/α-hetero) is 1. The molecule has 0 saturated heterocycles. The van der Waals surface area contributed by atoms with Gasteiger partial charge in [-0.3, -0.25) is 14.4 Å². The van der Waals surface area contributed by atoms with Crippen molar-refractivity contribution in [2.75, 3.05) is 6.54 Å². The maximum atomic E-state index is 12.1. The summed E-state index contributed by atoms with van der Waals surface area (Å²) in [5.41, 5.74) is -0.104. The zero-order chi connectivity index (χ0) is 20.1. The van der Waals surface area contributed by atoms with Crippen molar-refractivity contribution < 1.29 is 27.5 Å². The summed E-state index contributed by atoms with van der Waals surface area (Å²) in [6.07, 6.45) is -1.05. The summed E-state index contributed by atoms with van der Waals surface area (Å²) < 4.78 is 31.3. The highest BCUT2D eigenvalue weighted by Gasteiger charge is 2.23. The van der Waals surface area contributed by atoms with E-state index in [1.165, 1.54) is 38.1 Å². The molecule has 0 fully saturated rings. The van der Waals surface area contributed by atoms with Gasteiger partial charge in [-0.25, -0.2) is 8.42 Å². The van der Waals surface area contributed by atoms with E-state index in [2.05, 4.69) is 10.0 Å². The molecule has 0 heterocycles. The van der Waals surface area contributed by atoms with Crippen LogP contribution >= 0.6 is 0 Å². The molecule has 8 nitrogen and oxygen atoms in total. The number of nitrogens with one attached hydrogen (secondary N) is 2. The first-order valence-corrected chi connectivity index (χ1v) is 9.42. The van der Waals surface area contributed by atoms with Crippen LogP contribution in [0.3, 0.4) is 0 Å². The van der Waals surface area contributed by atoms with Gasteiger partial charge in [0.05, 0.1) is 4.90 Å². The van der Waals surface area contributed by atoms with Crippen LogP contribution in [0.5, 0.6) is 0 Å². The summed E-state index contributed by atoms with van der Waals surface area (Å²) >= 11 is 0. The van der Waals surface area contributed by atoms with Gasteiger partial charge in [-0.05, 0) is 46.8 Å². The lowest BCUT2D eigenvalue weighted by atomic mass is 10.1. The second-order valence-electron chi connectivity index (χ2n) is 6.78. The Morgan fingerprint density at radius 2 is 1.65 bits per heavy atom. The maximum absolute atomic E-state index is 12.1. The Bertz CT molecular complexity index is 778. The topological polar surface area (TPSA) is 119 Å². The molecule has 0 aliphatic rings. The van der Waals surface area contributed by atoms with Crippen molar-refractivity contribution in [2.24, 2.45) is 0 Å². The SMILES string of the molecule is CC(=O)c1ccc(S(=O)(=O)NCC(=O)OC(C)C(=O)NC(C)(C)C)cc1. The normalized spacial score (nSPS) is 13.0. The van der Waals surface area contributed by atoms with Crippen LogP contribution in [0, 0.1) is 0 Å². The molecular weight excluding hydrogens is 360 g/mol. The van der Waals surface area contributed by atoms with Crippen LogP contribution in [-0.4, -0.2) is 44.3 Å². The summed E-state index contributed by atoms with van der Waals surface area (Å²) in [5.74, 6) is -1.55. The van der Waals surface area contributed by atoms with Gasteiger partial charge in [-0.15, -0.1) is 0 Å². The number of amides is 1. The average Bonchev–Trinajstić information content (AvgIpc) is 2.51. The lowest BCUT2D eigenvalue weighted by Gasteiger charge is -2.23. The molecule has 1 aromatic carbocycles. The van der Waals surface area contributed by atoms with Gasteiger partial charge < -0.3 is 10.1 Å². The summed E-state index contributed by atoms with van der Waals surface area (Å²) in [6.45, 7) is 7.49. The van der Waals surface area contributed by atoms with Crippen molar-refractivity contribution >= 4 is 27.7 Å². The van der Waals surface area contributed by atoms with Crippen LogP contribution in [0.2, 0.25) is 0 Å².